The highest BCUT2D eigenvalue weighted by Crippen LogP contribution is 2.36. The number of esters is 2. The Kier molecular flexibility index (Phi) is 6.15. The predicted molar refractivity (Wildman–Crippen MR) is 117 cm³/mol. The van der Waals surface area contributed by atoms with Crippen molar-refractivity contribution in [1.82, 2.24) is 20.2 Å². The number of amides is 3. The van der Waals surface area contributed by atoms with Crippen molar-refractivity contribution in [2.75, 3.05) is 18.9 Å². The summed E-state index contributed by atoms with van der Waals surface area (Å²) in [5.74, 6) is -1.03. The number of aryl methyl sites for hydroxylation is 1. The van der Waals surface area contributed by atoms with Gasteiger partial charge in [0.1, 0.15) is 29.2 Å². The summed E-state index contributed by atoms with van der Waals surface area (Å²) >= 11 is 0. The molecule has 0 bridgehead atoms. The number of carbonyl (C=O) groups excluding carboxylic acids is 4. The molecule has 3 amide bonds. The van der Waals surface area contributed by atoms with Gasteiger partial charge in [-0.2, -0.15) is 4.98 Å². The van der Waals surface area contributed by atoms with Crippen molar-refractivity contribution >= 4 is 40.8 Å². The fourth-order valence-electron chi connectivity index (χ4n) is 4.43. The van der Waals surface area contributed by atoms with Gasteiger partial charge >= 0.3 is 18.0 Å². The van der Waals surface area contributed by atoms with Crippen LogP contribution >= 0.6 is 0 Å². The summed E-state index contributed by atoms with van der Waals surface area (Å²) in [5, 5.41) is 2.98. The summed E-state index contributed by atoms with van der Waals surface area (Å²) in [6.07, 6.45) is 2.76. The SMILES string of the molecule is CCOC(=O)c1c(C)oc2nc(COC(=O)CN3C(=O)NC4(CCC(C)CC4)C3=O)nc(N)c12. The fraction of sp³-hybridized carbons (Fsp3) is 0.545. The fourth-order valence-corrected chi connectivity index (χ4v) is 4.43. The maximum absolute atomic E-state index is 12.9. The Morgan fingerprint density at radius 2 is 1.94 bits per heavy atom. The molecule has 0 atom stereocenters. The van der Waals surface area contributed by atoms with Crippen LogP contribution < -0.4 is 11.1 Å². The van der Waals surface area contributed by atoms with Crippen LogP contribution in [0.4, 0.5) is 10.6 Å². The van der Waals surface area contributed by atoms with Gasteiger partial charge in [-0.25, -0.2) is 14.6 Å². The van der Waals surface area contributed by atoms with Crippen LogP contribution in [-0.2, 0) is 25.7 Å². The van der Waals surface area contributed by atoms with Crippen molar-refractivity contribution in [1.29, 1.82) is 0 Å². The van der Waals surface area contributed by atoms with Crippen molar-refractivity contribution in [3.05, 3.63) is 17.1 Å². The van der Waals surface area contributed by atoms with Crippen LogP contribution in [0, 0.1) is 12.8 Å². The highest BCUT2D eigenvalue weighted by atomic mass is 16.5. The molecule has 1 spiro atoms. The largest absolute Gasteiger partial charge is 0.462 e. The second kappa shape index (κ2) is 8.92. The van der Waals surface area contributed by atoms with E-state index in [0.29, 0.717) is 18.8 Å². The second-order valence-corrected chi connectivity index (χ2v) is 8.71. The minimum Gasteiger partial charge on any atom is -0.462 e. The molecule has 0 unspecified atom stereocenters. The van der Waals surface area contributed by atoms with Gasteiger partial charge in [-0.05, 0) is 45.4 Å². The molecule has 1 aliphatic heterocycles. The van der Waals surface area contributed by atoms with E-state index in [1.165, 1.54) is 0 Å². The zero-order valence-corrected chi connectivity index (χ0v) is 19.3. The third-order valence-electron chi connectivity index (χ3n) is 6.30. The Balaban J connectivity index is 1.42. The van der Waals surface area contributed by atoms with Crippen LogP contribution in [0.1, 0.15) is 61.5 Å². The van der Waals surface area contributed by atoms with Gasteiger partial charge in [-0.3, -0.25) is 14.5 Å². The molecule has 2 aliphatic rings. The van der Waals surface area contributed by atoms with Crippen molar-refractivity contribution < 1.29 is 33.1 Å². The third kappa shape index (κ3) is 4.15. The van der Waals surface area contributed by atoms with E-state index >= 15 is 0 Å². The zero-order chi connectivity index (χ0) is 24.6. The van der Waals surface area contributed by atoms with E-state index in [9.17, 15) is 19.2 Å². The molecule has 34 heavy (non-hydrogen) atoms. The number of furan rings is 1. The summed E-state index contributed by atoms with van der Waals surface area (Å²) < 4.78 is 15.7. The number of nitrogen functional groups attached to an aromatic ring is 1. The monoisotopic (exact) mass is 473 g/mol. The van der Waals surface area contributed by atoms with Crippen LogP contribution in [0.5, 0.6) is 0 Å². The van der Waals surface area contributed by atoms with Gasteiger partial charge < -0.3 is 24.9 Å². The molecular weight excluding hydrogens is 446 g/mol. The number of imide groups is 1. The van der Waals surface area contributed by atoms with Crippen LogP contribution in [0.2, 0.25) is 0 Å². The lowest BCUT2D eigenvalue weighted by molar-refractivity contribution is -0.149. The molecule has 3 N–H and O–H groups in total. The van der Waals surface area contributed by atoms with E-state index in [-0.39, 0.29) is 47.3 Å². The maximum Gasteiger partial charge on any atom is 0.342 e. The van der Waals surface area contributed by atoms with Crippen molar-refractivity contribution in [2.45, 2.75) is 58.6 Å². The first-order chi connectivity index (χ1) is 16.1. The highest BCUT2D eigenvalue weighted by molar-refractivity contribution is 6.09. The van der Waals surface area contributed by atoms with E-state index < -0.39 is 36.0 Å². The quantitative estimate of drug-likeness (QED) is 0.466. The normalized spacial score (nSPS) is 22.3. The number of ether oxygens (including phenoxy) is 2. The number of anilines is 1. The number of nitrogens with two attached hydrogens (primary N) is 1. The minimum atomic E-state index is -0.930. The van der Waals surface area contributed by atoms with Crippen LogP contribution in [0.25, 0.3) is 11.1 Å². The molecule has 182 valence electrons. The number of nitrogens with zero attached hydrogens (tertiary/aromatic N) is 3. The van der Waals surface area contributed by atoms with Gasteiger partial charge in [-0.15, -0.1) is 0 Å². The van der Waals surface area contributed by atoms with E-state index in [1.807, 2.05) is 0 Å². The minimum absolute atomic E-state index is 0.0291. The number of aromatic nitrogens is 2. The molecule has 2 fully saturated rings. The number of urea groups is 1. The molecular formula is C22H27N5O7. The molecule has 2 aromatic rings. The summed E-state index contributed by atoms with van der Waals surface area (Å²) in [6, 6.07) is -0.601. The number of fused-ring (bicyclic) bond motifs is 1. The number of hydrogen-bond donors (Lipinski definition) is 2. The van der Waals surface area contributed by atoms with E-state index in [1.54, 1.807) is 13.8 Å². The third-order valence-corrected chi connectivity index (χ3v) is 6.30. The Labute approximate surface area is 195 Å². The van der Waals surface area contributed by atoms with Gasteiger partial charge in [0.25, 0.3) is 5.91 Å². The maximum atomic E-state index is 12.9. The Hall–Kier alpha value is -3.70. The first kappa shape index (κ1) is 23.5. The highest BCUT2D eigenvalue weighted by Gasteiger charge is 2.52. The molecule has 1 saturated heterocycles. The molecule has 3 heterocycles. The Morgan fingerprint density at radius 3 is 2.62 bits per heavy atom. The van der Waals surface area contributed by atoms with Crippen molar-refractivity contribution in [3.8, 4) is 0 Å². The van der Waals surface area contributed by atoms with Crippen LogP contribution in [-0.4, -0.2) is 57.4 Å². The molecule has 1 saturated carbocycles. The number of nitrogens with one attached hydrogen (secondary N) is 1. The predicted octanol–water partition coefficient (Wildman–Crippen LogP) is 1.83. The average Bonchev–Trinajstić information content (AvgIpc) is 3.24. The topological polar surface area (TPSA) is 167 Å². The molecule has 1 aliphatic carbocycles. The Morgan fingerprint density at radius 1 is 1.24 bits per heavy atom. The van der Waals surface area contributed by atoms with Gasteiger partial charge in [0, 0.05) is 0 Å². The standard InChI is InChI=1S/C22H27N5O7/c1-4-32-19(29)15-12(3)34-18-16(15)17(23)24-13(25-18)10-33-14(28)9-27-20(30)22(26-21(27)31)7-5-11(2)6-8-22/h11H,4-10H2,1-3H3,(H,26,31)(H2,23,24,25). The number of carbonyl (C=O) groups is 4. The lowest BCUT2D eigenvalue weighted by Gasteiger charge is -2.33. The van der Waals surface area contributed by atoms with Crippen molar-refractivity contribution in [3.63, 3.8) is 0 Å². The average molecular weight is 473 g/mol. The summed E-state index contributed by atoms with van der Waals surface area (Å²) in [4.78, 5) is 59.0. The molecule has 12 nitrogen and oxygen atoms in total. The molecule has 2 aromatic heterocycles. The zero-order valence-electron chi connectivity index (χ0n) is 19.3. The lowest BCUT2D eigenvalue weighted by atomic mass is 9.77. The number of hydrogen-bond acceptors (Lipinski definition) is 10. The summed E-state index contributed by atoms with van der Waals surface area (Å²) in [7, 11) is 0. The van der Waals surface area contributed by atoms with Crippen LogP contribution in [0.3, 0.4) is 0 Å². The van der Waals surface area contributed by atoms with Gasteiger partial charge in [0.2, 0.25) is 5.71 Å². The van der Waals surface area contributed by atoms with E-state index in [2.05, 4.69) is 22.2 Å². The first-order valence-corrected chi connectivity index (χ1v) is 11.2. The Bertz CT molecular complexity index is 1170. The smallest absolute Gasteiger partial charge is 0.342 e. The number of rotatable bonds is 6. The van der Waals surface area contributed by atoms with E-state index in [0.717, 1.165) is 17.7 Å². The first-order valence-electron chi connectivity index (χ1n) is 11.2. The van der Waals surface area contributed by atoms with Crippen molar-refractivity contribution in [2.24, 2.45) is 5.92 Å². The summed E-state index contributed by atoms with van der Waals surface area (Å²) in [5.41, 5.74) is 5.27. The van der Waals surface area contributed by atoms with Gasteiger partial charge in [0.05, 0.1) is 12.0 Å². The van der Waals surface area contributed by atoms with Crippen LogP contribution in [0.15, 0.2) is 4.42 Å². The lowest BCUT2D eigenvalue weighted by Crippen LogP contribution is -2.49. The molecule has 0 aromatic carbocycles. The molecule has 12 heteroatoms. The molecule has 0 radical (unpaired) electrons. The van der Waals surface area contributed by atoms with E-state index in [4.69, 9.17) is 19.6 Å². The molecule has 4 rings (SSSR count). The summed E-state index contributed by atoms with van der Waals surface area (Å²) in [6.45, 7) is 4.66. The van der Waals surface area contributed by atoms with Gasteiger partial charge in [0.15, 0.2) is 12.4 Å². The van der Waals surface area contributed by atoms with Gasteiger partial charge in [-0.1, -0.05) is 6.92 Å². The second-order valence-electron chi connectivity index (χ2n) is 8.71.